The molecule has 0 saturated carbocycles. The number of carboxylic acid groups (broad SMARTS) is 1. The van der Waals surface area contributed by atoms with Crippen molar-refractivity contribution in [2.75, 3.05) is 0 Å². The minimum absolute atomic E-state index is 0.0376. The van der Waals surface area contributed by atoms with Crippen LogP contribution in [0.5, 0.6) is 0 Å². The molecule has 0 aromatic heterocycles. The minimum Gasteiger partial charge on any atom is -0.478 e. The summed E-state index contributed by atoms with van der Waals surface area (Å²) in [5, 5.41) is 8.90. The number of hydrogen-bond donors (Lipinski definition) is 1. The molecule has 110 valence electrons. The lowest BCUT2D eigenvalue weighted by atomic mass is 10.0. The first kappa shape index (κ1) is 15.3. The van der Waals surface area contributed by atoms with Gasteiger partial charge in [-0.3, -0.25) is 0 Å². The fourth-order valence-electron chi connectivity index (χ4n) is 1.79. The predicted molar refractivity (Wildman–Crippen MR) is 68.8 cm³/mol. The van der Waals surface area contributed by atoms with Crippen LogP contribution in [-0.2, 0) is 6.18 Å². The van der Waals surface area contributed by atoms with Gasteiger partial charge in [-0.05, 0) is 35.4 Å². The highest BCUT2D eigenvalue weighted by atomic mass is 35.5. The molecule has 0 fully saturated rings. The molecule has 0 bridgehead atoms. The number of aromatic carboxylic acids is 1. The first-order valence-corrected chi connectivity index (χ1v) is 5.98. The number of carboxylic acids is 1. The molecule has 0 atom stereocenters. The minimum atomic E-state index is -4.83. The molecule has 0 amide bonds. The molecule has 0 aliphatic carbocycles. The standard InChI is InChI=1S/C14H7ClF4O2/c15-11-3-1-7(5-9(11)13(20)21)8-2-4-12(16)10(6-8)14(17,18)19/h1-6H,(H,20,21). The number of hydrogen-bond acceptors (Lipinski definition) is 1. The van der Waals surface area contributed by atoms with E-state index in [2.05, 4.69) is 0 Å². The van der Waals surface area contributed by atoms with Gasteiger partial charge in [-0.1, -0.05) is 23.7 Å². The molecule has 7 heteroatoms. The molecule has 0 aliphatic rings. The molecule has 21 heavy (non-hydrogen) atoms. The Balaban J connectivity index is 2.58. The lowest BCUT2D eigenvalue weighted by Gasteiger charge is -2.11. The van der Waals surface area contributed by atoms with Crippen LogP contribution in [0.25, 0.3) is 11.1 Å². The fourth-order valence-corrected chi connectivity index (χ4v) is 1.99. The van der Waals surface area contributed by atoms with Crippen molar-refractivity contribution in [3.05, 3.63) is 58.4 Å². The molecule has 0 spiro atoms. The molecule has 0 radical (unpaired) electrons. The van der Waals surface area contributed by atoms with Crippen molar-refractivity contribution in [1.29, 1.82) is 0 Å². The Morgan fingerprint density at radius 3 is 2.19 bits per heavy atom. The summed E-state index contributed by atoms with van der Waals surface area (Å²) in [5.41, 5.74) is -1.41. The van der Waals surface area contributed by atoms with E-state index in [1.807, 2.05) is 0 Å². The van der Waals surface area contributed by atoms with E-state index in [0.717, 1.165) is 12.1 Å². The average molecular weight is 319 g/mol. The molecule has 0 aliphatic heterocycles. The van der Waals surface area contributed by atoms with Gasteiger partial charge in [0.05, 0.1) is 16.1 Å². The third kappa shape index (κ3) is 3.16. The van der Waals surface area contributed by atoms with Crippen molar-refractivity contribution < 1.29 is 27.5 Å². The molecule has 2 nitrogen and oxygen atoms in total. The van der Waals surface area contributed by atoms with Crippen molar-refractivity contribution in [2.45, 2.75) is 6.18 Å². The number of alkyl halides is 3. The van der Waals surface area contributed by atoms with Gasteiger partial charge in [0.15, 0.2) is 0 Å². The summed E-state index contributed by atoms with van der Waals surface area (Å²) in [6.45, 7) is 0. The smallest absolute Gasteiger partial charge is 0.419 e. The van der Waals surface area contributed by atoms with E-state index < -0.39 is 23.5 Å². The second-order valence-corrected chi connectivity index (χ2v) is 4.60. The van der Waals surface area contributed by atoms with Crippen molar-refractivity contribution in [3.63, 3.8) is 0 Å². The summed E-state index contributed by atoms with van der Waals surface area (Å²) < 4.78 is 51.2. The number of rotatable bonds is 2. The van der Waals surface area contributed by atoms with E-state index in [0.29, 0.717) is 12.1 Å². The zero-order valence-corrected chi connectivity index (χ0v) is 11.0. The molecule has 2 aromatic carbocycles. The highest BCUT2D eigenvalue weighted by Gasteiger charge is 2.34. The Hall–Kier alpha value is -2.08. The fraction of sp³-hybridized carbons (Fsp3) is 0.0714. The Morgan fingerprint density at radius 1 is 1.05 bits per heavy atom. The van der Waals surface area contributed by atoms with Crippen molar-refractivity contribution in [1.82, 2.24) is 0 Å². The summed E-state index contributed by atoms with van der Waals surface area (Å²) in [5.74, 6) is -2.70. The van der Waals surface area contributed by atoms with Gasteiger partial charge < -0.3 is 5.11 Å². The van der Waals surface area contributed by atoms with Crippen LogP contribution in [0.3, 0.4) is 0 Å². The normalized spacial score (nSPS) is 11.5. The SMILES string of the molecule is O=C(O)c1cc(-c2ccc(F)c(C(F)(F)F)c2)ccc1Cl. The third-order valence-electron chi connectivity index (χ3n) is 2.80. The zero-order chi connectivity index (χ0) is 15.8. The Labute approximate surface area is 121 Å². The van der Waals surface area contributed by atoms with Gasteiger partial charge in [-0.2, -0.15) is 13.2 Å². The van der Waals surface area contributed by atoms with Gasteiger partial charge in [0.2, 0.25) is 0 Å². The summed E-state index contributed by atoms with van der Waals surface area (Å²) >= 11 is 5.69. The van der Waals surface area contributed by atoms with Gasteiger partial charge in [0, 0.05) is 0 Å². The molecule has 2 rings (SSSR count). The summed E-state index contributed by atoms with van der Waals surface area (Å²) in [6.07, 6.45) is -4.83. The van der Waals surface area contributed by atoms with Gasteiger partial charge in [-0.25, -0.2) is 9.18 Å². The maximum absolute atomic E-state index is 13.2. The maximum Gasteiger partial charge on any atom is 0.419 e. The van der Waals surface area contributed by atoms with E-state index in [4.69, 9.17) is 16.7 Å². The lowest BCUT2D eigenvalue weighted by Crippen LogP contribution is -2.08. The summed E-state index contributed by atoms with van der Waals surface area (Å²) in [4.78, 5) is 11.0. The second-order valence-electron chi connectivity index (χ2n) is 4.19. The topological polar surface area (TPSA) is 37.3 Å². The highest BCUT2D eigenvalue weighted by molar-refractivity contribution is 6.33. The zero-order valence-electron chi connectivity index (χ0n) is 10.2. The van der Waals surface area contributed by atoms with Crippen LogP contribution in [0.1, 0.15) is 15.9 Å². The first-order valence-electron chi connectivity index (χ1n) is 5.60. The predicted octanol–water partition coefficient (Wildman–Crippen LogP) is 4.86. The van der Waals surface area contributed by atoms with Crippen LogP contribution in [-0.4, -0.2) is 11.1 Å². The average Bonchev–Trinajstić information content (AvgIpc) is 2.38. The number of carbonyl (C=O) groups is 1. The molecule has 0 unspecified atom stereocenters. The second kappa shape index (κ2) is 5.37. The number of halogens is 5. The lowest BCUT2D eigenvalue weighted by molar-refractivity contribution is -0.139. The van der Waals surface area contributed by atoms with Crippen LogP contribution in [0, 0.1) is 5.82 Å². The Kier molecular flexibility index (Phi) is 3.91. The largest absolute Gasteiger partial charge is 0.478 e. The van der Waals surface area contributed by atoms with E-state index in [9.17, 15) is 22.4 Å². The van der Waals surface area contributed by atoms with Gasteiger partial charge in [0.25, 0.3) is 0 Å². The van der Waals surface area contributed by atoms with Crippen LogP contribution >= 0.6 is 11.6 Å². The molecular weight excluding hydrogens is 312 g/mol. The van der Waals surface area contributed by atoms with E-state index in [-0.39, 0.29) is 21.7 Å². The first-order chi connectivity index (χ1) is 9.70. The van der Waals surface area contributed by atoms with Gasteiger partial charge in [-0.15, -0.1) is 0 Å². The van der Waals surface area contributed by atoms with E-state index >= 15 is 0 Å². The van der Waals surface area contributed by atoms with Gasteiger partial charge >= 0.3 is 12.1 Å². The van der Waals surface area contributed by atoms with E-state index in [1.54, 1.807) is 0 Å². The van der Waals surface area contributed by atoms with Crippen LogP contribution < -0.4 is 0 Å². The quantitative estimate of drug-likeness (QED) is 0.803. The van der Waals surface area contributed by atoms with Crippen molar-refractivity contribution in [3.8, 4) is 11.1 Å². The maximum atomic E-state index is 13.2. The van der Waals surface area contributed by atoms with Crippen LogP contribution in [0.4, 0.5) is 17.6 Å². The molecule has 0 heterocycles. The summed E-state index contributed by atoms with van der Waals surface area (Å²) in [6, 6.07) is 6.22. The van der Waals surface area contributed by atoms with Gasteiger partial charge in [0.1, 0.15) is 5.82 Å². The third-order valence-corrected chi connectivity index (χ3v) is 3.13. The van der Waals surface area contributed by atoms with Crippen LogP contribution in [0.2, 0.25) is 5.02 Å². The van der Waals surface area contributed by atoms with E-state index in [1.165, 1.54) is 12.1 Å². The summed E-state index contributed by atoms with van der Waals surface area (Å²) in [7, 11) is 0. The number of benzene rings is 2. The van der Waals surface area contributed by atoms with Crippen LogP contribution in [0.15, 0.2) is 36.4 Å². The van der Waals surface area contributed by atoms with Crippen molar-refractivity contribution in [2.24, 2.45) is 0 Å². The molecule has 0 saturated heterocycles. The highest BCUT2D eigenvalue weighted by Crippen LogP contribution is 2.35. The van der Waals surface area contributed by atoms with Crippen molar-refractivity contribution >= 4 is 17.6 Å². The molecule has 2 aromatic rings. The Bertz CT molecular complexity index is 711. The molecular formula is C14H7ClF4O2. The monoisotopic (exact) mass is 318 g/mol. The Morgan fingerprint density at radius 2 is 1.62 bits per heavy atom. The molecule has 1 N–H and O–H groups in total.